The number of benzene rings is 1. The van der Waals surface area contributed by atoms with Crippen molar-refractivity contribution in [3.8, 4) is 0 Å². The molecular weight excluding hydrogens is 290 g/mol. The first-order valence-corrected chi connectivity index (χ1v) is 5.92. The van der Waals surface area contributed by atoms with E-state index in [1.54, 1.807) is 0 Å². The van der Waals surface area contributed by atoms with Crippen molar-refractivity contribution in [2.75, 3.05) is 5.32 Å². The number of hydrogen-bond acceptors (Lipinski definition) is 3. The van der Waals surface area contributed by atoms with E-state index >= 15 is 0 Å². The van der Waals surface area contributed by atoms with E-state index in [1.165, 1.54) is 18.3 Å². The molecule has 0 fully saturated rings. The summed E-state index contributed by atoms with van der Waals surface area (Å²) in [6.45, 7) is 0.00189. The molecule has 0 aliphatic rings. The van der Waals surface area contributed by atoms with Crippen molar-refractivity contribution in [2.24, 2.45) is 0 Å². The van der Waals surface area contributed by atoms with Gasteiger partial charge in [0.1, 0.15) is 17.5 Å². The normalized spacial score (nSPS) is 10.3. The number of rotatable bonds is 4. The fraction of sp³-hybridized carbons (Fsp3) is 0.0769. The number of halogens is 3. The summed E-state index contributed by atoms with van der Waals surface area (Å²) in [6, 6.07) is 4.43. The van der Waals surface area contributed by atoms with Crippen LogP contribution in [0.25, 0.3) is 0 Å². The second-order valence-corrected chi connectivity index (χ2v) is 4.29. The van der Waals surface area contributed by atoms with Crippen molar-refractivity contribution < 1.29 is 18.7 Å². The van der Waals surface area contributed by atoms with Crippen LogP contribution in [0.5, 0.6) is 0 Å². The van der Waals surface area contributed by atoms with Gasteiger partial charge in [0.25, 0.3) is 0 Å². The van der Waals surface area contributed by atoms with Crippen LogP contribution in [0.3, 0.4) is 0 Å². The van der Waals surface area contributed by atoms with Crippen LogP contribution < -0.4 is 5.32 Å². The fourth-order valence-corrected chi connectivity index (χ4v) is 1.84. The maximum Gasteiger partial charge on any atom is 0.337 e. The van der Waals surface area contributed by atoms with E-state index in [-0.39, 0.29) is 28.5 Å². The summed E-state index contributed by atoms with van der Waals surface area (Å²) in [6.07, 6.45) is 1.28. The van der Waals surface area contributed by atoms with Crippen molar-refractivity contribution in [1.29, 1.82) is 0 Å². The van der Waals surface area contributed by atoms with Crippen LogP contribution in [0.1, 0.15) is 15.9 Å². The van der Waals surface area contributed by atoms with Crippen molar-refractivity contribution >= 4 is 23.4 Å². The first-order chi connectivity index (χ1) is 9.49. The van der Waals surface area contributed by atoms with E-state index in [2.05, 4.69) is 10.3 Å². The average Bonchev–Trinajstić information content (AvgIpc) is 2.39. The number of hydrogen-bond donors (Lipinski definition) is 2. The number of carboxylic acids is 1. The van der Waals surface area contributed by atoms with Gasteiger partial charge in [-0.25, -0.2) is 18.6 Å². The molecule has 1 aromatic heterocycles. The number of aromatic carboxylic acids is 1. The Kier molecular flexibility index (Phi) is 4.14. The van der Waals surface area contributed by atoms with Crippen LogP contribution >= 0.6 is 11.6 Å². The lowest BCUT2D eigenvalue weighted by molar-refractivity contribution is 0.0697. The second kappa shape index (κ2) is 5.83. The van der Waals surface area contributed by atoms with Gasteiger partial charge in [-0.1, -0.05) is 17.7 Å². The third-order valence-corrected chi connectivity index (χ3v) is 2.96. The van der Waals surface area contributed by atoms with E-state index in [0.29, 0.717) is 0 Å². The predicted octanol–water partition coefficient (Wildman–Crippen LogP) is 3.32. The summed E-state index contributed by atoms with van der Waals surface area (Å²) in [7, 11) is 0. The first kappa shape index (κ1) is 14.2. The highest BCUT2D eigenvalue weighted by Gasteiger charge is 2.13. The minimum Gasteiger partial charge on any atom is -0.478 e. The molecule has 0 saturated carbocycles. The maximum atomic E-state index is 13.4. The molecule has 0 aliphatic heterocycles. The molecule has 1 heterocycles. The molecule has 0 unspecified atom stereocenters. The second-order valence-electron chi connectivity index (χ2n) is 3.92. The highest BCUT2D eigenvalue weighted by atomic mass is 35.5. The average molecular weight is 299 g/mol. The third kappa shape index (κ3) is 3.03. The van der Waals surface area contributed by atoms with Gasteiger partial charge >= 0.3 is 5.97 Å². The van der Waals surface area contributed by atoms with Crippen molar-refractivity contribution in [3.63, 3.8) is 0 Å². The molecule has 104 valence electrons. The van der Waals surface area contributed by atoms with Gasteiger partial charge in [0.05, 0.1) is 10.6 Å². The molecule has 0 amide bonds. The van der Waals surface area contributed by atoms with Gasteiger partial charge in [0.15, 0.2) is 0 Å². The van der Waals surface area contributed by atoms with Gasteiger partial charge in [0.2, 0.25) is 0 Å². The Bertz CT molecular complexity index is 665. The van der Waals surface area contributed by atoms with Crippen molar-refractivity contribution in [1.82, 2.24) is 4.98 Å². The molecular formula is C13H9ClF2N2O2. The van der Waals surface area contributed by atoms with Gasteiger partial charge < -0.3 is 10.4 Å². The Morgan fingerprint density at radius 1 is 1.35 bits per heavy atom. The summed E-state index contributed by atoms with van der Waals surface area (Å²) in [5.74, 6) is -2.44. The Morgan fingerprint density at radius 3 is 2.75 bits per heavy atom. The molecule has 0 bridgehead atoms. The van der Waals surface area contributed by atoms with Crippen LogP contribution in [-0.4, -0.2) is 16.1 Å². The fourth-order valence-electron chi connectivity index (χ4n) is 1.58. The van der Waals surface area contributed by atoms with Crippen molar-refractivity contribution in [3.05, 3.63) is 58.2 Å². The monoisotopic (exact) mass is 298 g/mol. The highest BCUT2D eigenvalue weighted by molar-refractivity contribution is 6.35. The van der Waals surface area contributed by atoms with Crippen molar-refractivity contribution in [2.45, 2.75) is 6.54 Å². The summed E-state index contributed by atoms with van der Waals surface area (Å²) in [5.41, 5.74) is 0.105. The van der Waals surface area contributed by atoms with E-state index in [1.807, 2.05) is 0 Å². The molecule has 0 radical (unpaired) electrons. The minimum atomic E-state index is -1.19. The summed E-state index contributed by atoms with van der Waals surface area (Å²) >= 11 is 5.88. The van der Waals surface area contributed by atoms with Gasteiger partial charge in [-0.2, -0.15) is 0 Å². The molecule has 1 aromatic carbocycles. The Hall–Kier alpha value is -2.21. The Morgan fingerprint density at radius 2 is 2.10 bits per heavy atom. The summed E-state index contributed by atoms with van der Waals surface area (Å²) < 4.78 is 26.2. The number of nitrogens with zero attached hydrogens (tertiary/aromatic N) is 1. The lowest BCUT2D eigenvalue weighted by Crippen LogP contribution is -2.07. The smallest absolute Gasteiger partial charge is 0.337 e. The topological polar surface area (TPSA) is 62.2 Å². The van der Waals surface area contributed by atoms with E-state index in [0.717, 1.165) is 12.1 Å². The van der Waals surface area contributed by atoms with Gasteiger partial charge in [-0.05, 0) is 12.1 Å². The van der Waals surface area contributed by atoms with E-state index in [9.17, 15) is 13.6 Å². The molecule has 0 saturated heterocycles. The molecule has 2 rings (SSSR count). The predicted molar refractivity (Wildman–Crippen MR) is 69.9 cm³/mol. The number of pyridine rings is 1. The lowest BCUT2D eigenvalue weighted by atomic mass is 10.2. The quantitative estimate of drug-likeness (QED) is 0.909. The standard InChI is InChI=1S/C13H9ClF2N2O2/c14-11-9(13(19)20)3-4-17-12(11)18-6-7-1-2-8(15)5-10(7)16/h1-5H,6H2,(H,17,18)(H,19,20). The highest BCUT2D eigenvalue weighted by Crippen LogP contribution is 2.24. The van der Waals surface area contributed by atoms with E-state index in [4.69, 9.17) is 16.7 Å². The number of carboxylic acid groups (broad SMARTS) is 1. The minimum absolute atomic E-state index is 0.00189. The third-order valence-electron chi connectivity index (χ3n) is 2.58. The molecule has 7 heteroatoms. The zero-order valence-corrected chi connectivity index (χ0v) is 10.8. The van der Waals surface area contributed by atoms with Crippen LogP contribution in [0.4, 0.5) is 14.6 Å². The molecule has 0 aliphatic carbocycles. The summed E-state index contributed by atoms with van der Waals surface area (Å²) in [5, 5.41) is 11.6. The van der Waals surface area contributed by atoms with Gasteiger partial charge in [-0.15, -0.1) is 0 Å². The van der Waals surface area contributed by atoms with Crippen LogP contribution in [0.2, 0.25) is 5.02 Å². The maximum absolute atomic E-state index is 13.4. The SMILES string of the molecule is O=C(O)c1ccnc(NCc2ccc(F)cc2F)c1Cl. The molecule has 2 N–H and O–H groups in total. The molecule has 2 aromatic rings. The summed E-state index contributed by atoms with van der Waals surface area (Å²) in [4.78, 5) is 14.8. The molecule has 0 atom stereocenters. The lowest BCUT2D eigenvalue weighted by Gasteiger charge is -2.09. The molecule has 0 spiro atoms. The van der Waals surface area contributed by atoms with Crippen LogP contribution in [0, 0.1) is 11.6 Å². The number of anilines is 1. The zero-order valence-electron chi connectivity index (χ0n) is 10.0. The number of carbonyl (C=O) groups is 1. The number of nitrogens with one attached hydrogen (secondary N) is 1. The Labute approximate surface area is 118 Å². The number of aromatic nitrogens is 1. The van der Waals surface area contributed by atoms with Crippen LogP contribution in [-0.2, 0) is 6.54 Å². The molecule has 20 heavy (non-hydrogen) atoms. The Balaban J connectivity index is 2.19. The zero-order chi connectivity index (χ0) is 14.7. The van der Waals surface area contributed by atoms with Gasteiger partial charge in [0, 0.05) is 24.4 Å². The largest absolute Gasteiger partial charge is 0.478 e. The molecule has 4 nitrogen and oxygen atoms in total. The van der Waals surface area contributed by atoms with Gasteiger partial charge in [-0.3, -0.25) is 0 Å². The van der Waals surface area contributed by atoms with Crippen LogP contribution in [0.15, 0.2) is 30.5 Å². The first-order valence-electron chi connectivity index (χ1n) is 5.54. The van der Waals surface area contributed by atoms with E-state index < -0.39 is 17.6 Å².